The number of carbonyl (C=O) groups excluding carboxylic acids is 1. The molecular formula is C21H31N5O2S. The predicted molar refractivity (Wildman–Crippen MR) is 117 cm³/mol. The van der Waals surface area contributed by atoms with Gasteiger partial charge in [-0.25, -0.2) is 9.78 Å². The molecule has 2 aromatic heterocycles. The quantitative estimate of drug-likeness (QED) is 0.749. The van der Waals surface area contributed by atoms with Crippen molar-refractivity contribution >= 4 is 22.5 Å². The molecule has 7 nitrogen and oxygen atoms in total. The zero-order valence-corrected chi connectivity index (χ0v) is 18.4. The molecule has 2 atom stereocenters. The number of thiazole rings is 1. The fourth-order valence-electron chi connectivity index (χ4n) is 3.83. The van der Waals surface area contributed by atoms with Gasteiger partial charge in [-0.2, -0.15) is 0 Å². The van der Waals surface area contributed by atoms with Crippen molar-refractivity contribution in [3.05, 3.63) is 29.9 Å². The lowest BCUT2D eigenvalue weighted by Crippen LogP contribution is -2.62. The Bertz CT molecular complexity index is 805. The lowest BCUT2D eigenvalue weighted by atomic mass is 10.00. The summed E-state index contributed by atoms with van der Waals surface area (Å²) >= 11 is 1.42. The highest BCUT2D eigenvalue weighted by atomic mass is 32.1. The SMILES string of the molecule is CC[C@@H]1CN(C(=O)Nc2nc(-c3cccnc3)cs2)[C@@H](CC)CN1CC(C)(C)O. The van der Waals surface area contributed by atoms with Crippen LogP contribution in [0.25, 0.3) is 11.3 Å². The number of pyridine rings is 1. The van der Waals surface area contributed by atoms with Crippen LogP contribution in [0.5, 0.6) is 0 Å². The molecule has 1 aliphatic heterocycles. The van der Waals surface area contributed by atoms with Gasteiger partial charge in [0.05, 0.1) is 11.3 Å². The number of rotatable bonds is 6. The van der Waals surface area contributed by atoms with Gasteiger partial charge in [-0.1, -0.05) is 13.8 Å². The van der Waals surface area contributed by atoms with Crippen molar-refractivity contribution in [2.45, 2.75) is 58.2 Å². The van der Waals surface area contributed by atoms with Gasteiger partial charge in [0.15, 0.2) is 5.13 Å². The molecule has 8 heteroatoms. The summed E-state index contributed by atoms with van der Waals surface area (Å²) in [5.74, 6) is 0. The molecule has 1 aliphatic rings. The number of urea groups is 1. The van der Waals surface area contributed by atoms with Crippen molar-refractivity contribution in [1.82, 2.24) is 19.8 Å². The molecule has 1 fully saturated rings. The van der Waals surface area contributed by atoms with Crippen molar-refractivity contribution in [1.29, 1.82) is 0 Å². The minimum atomic E-state index is -0.750. The van der Waals surface area contributed by atoms with Crippen LogP contribution in [0.15, 0.2) is 29.9 Å². The Hall–Kier alpha value is -2.03. The van der Waals surface area contributed by atoms with Gasteiger partial charge in [0, 0.05) is 55.1 Å². The van der Waals surface area contributed by atoms with Crippen LogP contribution in [0.2, 0.25) is 0 Å². The van der Waals surface area contributed by atoms with E-state index >= 15 is 0 Å². The molecule has 0 saturated carbocycles. The van der Waals surface area contributed by atoms with Crippen LogP contribution in [-0.2, 0) is 0 Å². The van der Waals surface area contributed by atoms with Crippen LogP contribution >= 0.6 is 11.3 Å². The standard InChI is InChI=1S/C21H31N5O2S/c1-5-16-12-26(17(6-2)11-25(16)14-21(3,4)28)20(27)24-19-23-18(13-29-19)15-8-7-9-22-10-15/h7-10,13,16-17,28H,5-6,11-12,14H2,1-4H3,(H,23,24,27)/t16-,17+/m1/s1. The van der Waals surface area contributed by atoms with Gasteiger partial charge < -0.3 is 10.0 Å². The maximum atomic E-state index is 13.0. The van der Waals surface area contributed by atoms with Gasteiger partial charge in [-0.3, -0.25) is 15.2 Å². The van der Waals surface area contributed by atoms with E-state index in [9.17, 15) is 9.90 Å². The van der Waals surface area contributed by atoms with Crippen LogP contribution < -0.4 is 5.32 Å². The first-order valence-corrected chi connectivity index (χ1v) is 11.1. The molecule has 0 spiro atoms. The summed E-state index contributed by atoms with van der Waals surface area (Å²) in [6.07, 6.45) is 5.29. The molecule has 0 radical (unpaired) electrons. The van der Waals surface area contributed by atoms with E-state index in [0.717, 1.165) is 30.6 Å². The average Bonchev–Trinajstić information content (AvgIpc) is 3.15. The van der Waals surface area contributed by atoms with Gasteiger partial charge in [0.2, 0.25) is 0 Å². The van der Waals surface area contributed by atoms with E-state index in [1.54, 1.807) is 12.4 Å². The molecule has 3 heterocycles. The van der Waals surface area contributed by atoms with Crippen LogP contribution in [-0.4, -0.2) is 68.2 Å². The molecule has 2 N–H and O–H groups in total. The van der Waals surface area contributed by atoms with E-state index < -0.39 is 5.60 Å². The first-order chi connectivity index (χ1) is 13.8. The van der Waals surface area contributed by atoms with E-state index in [4.69, 9.17) is 0 Å². The second-order valence-electron chi connectivity index (χ2n) is 8.23. The number of nitrogens with one attached hydrogen (secondary N) is 1. The third-order valence-corrected chi connectivity index (χ3v) is 6.04. The first-order valence-electron chi connectivity index (χ1n) is 10.2. The topological polar surface area (TPSA) is 81.6 Å². The smallest absolute Gasteiger partial charge is 0.323 e. The number of hydrogen-bond donors (Lipinski definition) is 2. The molecule has 0 aliphatic carbocycles. The molecule has 0 bridgehead atoms. The summed E-state index contributed by atoms with van der Waals surface area (Å²) in [4.78, 5) is 26.0. The van der Waals surface area contributed by atoms with Crippen LogP contribution in [0, 0.1) is 0 Å². The van der Waals surface area contributed by atoms with E-state index in [0.29, 0.717) is 18.2 Å². The number of amides is 2. The zero-order chi connectivity index (χ0) is 21.0. The number of hydrogen-bond acceptors (Lipinski definition) is 6. The third kappa shape index (κ3) is 5.52. The van der Waals surface area contributed by atoms with Crippen molar-refractivity contribution in [3.63, 3.8) is 0 Å². The van der Waals surface area contributed by atoms with Crippen molar-refractivity contribution in [2.75, 3.05) is 25.0 Å². The number of anilines is 1. The van der Waals surface area contributed by atoms with Crippen molar-refractivity contribution < 1.29 is 9.90 Å². The zero-order valence-electron chi connectivity index (χ0n) is 17.6. The van der Waals surface area contributed by atoms with Gasteiger partial charge in [-0.15, -0.1) is 11.3 Å². The summed E-state index contributed by atoms with van der Waals surface area (Å²) in [5, 5.41) is 15.8. The van der Waals surface area contributed by atoms with E-state index in [1.807, 2.05) is 36.3 Å². The molecule has 0 aromatic carbocycles. The fourth-order valence-corrected chi connectivity index (χ4v) is 4.54. The Morgan fingerprint density at radius 2 is 2.07 bits per heavy atom. The molecule has 1 saturated heterocycles. The lowest BCUT2D eigenvalue weighted by Gasteiger charge is -2.47. The summed E-state index contributed by atoms with van der Waals surface area (Å²) in [6, 6.07) is 4.06. The summed E-state index contributed by atoms with van der Waals surface area (Å²) in [7, 11) is 0. The number of β-amino-alcohol motifs (C(OH)–C–C–N with tert-alkyl or cyclic N) is 1. The lowest BCUT2D eigenvalue weighted by molar-refractivity contribution is -0.0173. The molecule has 2 amide bonds. The second kappa shape index (κ2) is 9.19. The Balaban J connectivity index is 1.69. The van der Waals surface area contributed by atoms with Gasteiger partial charge in [0.1, 0.15) is 0 Å². The highest BCUT2D eigenvalue weighted by Crippen LogP contribution is 2.26. The maximum absolute atomic E-state index is 13.0. The minimum Gasteiger partial charge on any atom is -0.389 e. The first kappa shape index (κ1) is 21.7. The van der Waals surface area contributed by atoms with Gasteiger partial charge in [0.25, 0.3) is 0 Å². The molecule has 0 unspecified atom stereocenters. The third-order valence-electron chi connectivity index (χ3n) is 5.28. The van der Waals surface area contributed by atoms with E-state index in [2.05, 4.69) is 34.0 Å². The van der Waals surface area contributed by atoms with Gasteiger partial charge in [-0.05, 0) is 38.8 Å². The predicted octanol–water partition coefficient (Wildman–Crippen LogP) is 3.68. The van der Waals surface area contributed by atoms with Crippen LogP contribution in [0.4, 0.5) is 9.93 Å². The Morgan fingerprint density at radius 3 is 2.69 bits per heavy atom. The number of piperazine rings is 1. The Kier molecular flexibility index (Phi) is 6.87. The molecule has 158 valence electrons. The van der Waals surface area contributed by atoms with E-state index in [-0.39, 0.29) is 18.1 Å². The second-order valence-corrected chi connectivity index (χ2v) is 9.09. The molecule has 29 heavy (non-hydrogen) atoms. The van der Waals surface area contributed by atoms with Crippen LogP contribution in [0.3, 0.4) is 0 Å². The number of aromatic nitrogens is 2. The molecule has 3 rings (SSSR count). The number of carbonyl (C=O) groups is 1. The highest BCUT2D eigenvalue weighted by molar-refractivity contribution is 7.14. The van der Waals surface area contributed by atoms with E-state index in [1.165, 1.54) is 11.3 Å². The molecular weight excluding hydrogens is 386 g/mol. The summed E-state index contributed by atoms with van der Waals surface area (Å²) < 4.78 is 0. The van der Waals surface area contributed by atoms with Crippen molar-refractivity contribution in [2.24, 2.45) is 0 Å². The van der Waals surface area contributed by atoms with Crippen LogP contribution in [0.1, 0.15) is 40.5 Å². The van der Waals surface area contributed by atoms with Gasteiger partial charge >= 0.3 is 6.03 Å². The number of aliphatic hydroxyl groups is 1. The van der Waals surface area contributed by atoms with Crippen molar-refractivity contribution in [3.8, 4) is 11.3 Å². The Morgan fingerprint density at radius 1 is 1.31 bits per heavy atom. The highest BCUT2D eigenvalue weighted by Gasteiger charge is 2.36. The summed E-state index contributed by atoms with van der Waals surface area (Å²) in [6.45, 7) is 9.93. The monoisotopic (exact) mass is 417 g/mol. The minimum absolute atomic E-state index is 0.106. The number of nitrogens with zero attached hydrogens (tertiary/aromatic N) is 4. The Labute approximate surface area is 176 Å². The summed E-state index contributed by atoms with van der Waals surface area (Å²) in [5.41, 5.74) is 0.994. The fraction of sp³-hybridized carbons (Fsp3) is 0.571. The largest absolute Gasteiger partial charge is 0.389 e. The maximum Gasteiger partial charge on any atom is 0.323 e. The molecule has 2 aromatic rings. The normalized spacial score (nSPS) is 20.7. The average molecular weight is 418 g/mol.